The molecular weight excluding hydrogens is 244 g/mol. The summed E-state index contributed by atoms with van der Waals surface area (Å²) in [5.74, 6) is -3.35. The quantitative estimate of drug-likeness (QED) is 0.377. The van der Waals surface area contributed by atoms with Crippen molar-refractivity contribution in [3.05, 3.63) is 51.4 Å². The molecule has 1 aromatic rings. The van der Waals surface area contributed by atoms with Crippen LogP contribution in [0.3, 0.4) is 0 Å². The Balaban J connectivity index is 2.87. The predicted molar refractivity (Wildman–Crippen MR) is 61.0 cm³/mol. The molecular formula is C11H9F2N3O2. The fourth-order valence-electron chi connectivity index (χ4n) is 1.24. The second kappa shape index (κ2) is 6.36. The average Bonchev–Trinajstić information content (AvgIpc) is 2.32. The molecule has 1 aromatic carbocycles. The molecule has 18 heavy (non-hydrogen) atoms. The molecule has 0 spiro atoms. The summed E-state index contributed by atoms with van der Waals surface area (Å²) in [4.78, 5) is 13.1. The van der Waals surface area contributed by atoms with Gasteiger partial charge in [-0.3, -0.25) is 0 Å². The van der Waals surface area contributed by atoms with Gasteiger partial charge >= 0.3 is 5.97 Å². The molecule has 0 bridgehead atoms. The summed E-state index contributed by atoms with van der Waals surface area (Å²) in [6, 6.07) is 1.44. The van der Waals surface area contributed by atoms with E-state index >= 15 is 0 Å². The minimum Gasteiger partial charge on any atom is -0.478 e. The second-order valence-corrected chi connectivity index (χ2v) is 3.30. The second-order valence-electron chi connectivity index (χ2n) is 3.30. The molecule has 0 amide bonds. The van der Waals surface area contributed by atoms with Crippen molar-refractivity contribution in [3.63, 3.8) is 0 Å². The molecule has 0 fully saturated rings. The number of carbonyl (C=O) groups is 1. The predicted octanol–water partition coefficient (Wildman–Crippen LogP) is 3.38. The Morgan fingerprint density at radius 3 is 2.78 bits per heavy atom. The third-order valence-electron chi connectivity index (χ3n) is 2.07. The number of azide groups is 1. The first-order chi connectivity index (χ1) is 8.56. The molecule has 0 radical (unpaired) electrons. The Morgan fingerprint density at radius 2 is 2.17 bits per heavy atom. The van der Waals surface area contributed by atoms with Gasteiger partial charge in [0, 0.05) is 17.0 Å². The minimum atomic E-state index is -1.52. The number of halogens is 2. The number of hydrogen-bond donors (Lipinski definition) is 1. The van der Waals surface area contributed by atoms with Crippen molar-refractivity contribution >= 4 is 12.0 Å². The highest BCUT2D eigenvalue weighted by Crippen LogP contribution is 2.16. The van der Waals surface area contributed by atoms with Crippen molar-refractivity contribution in [2.24, 2.45) is 5.11 Å². The summed E-state index contributed by atoms with van der Waals surface area (Å²) in [5, 5.41) is 11.8. The van der Waals surface area contributed by atoms with Crippen molar-refractivity contribution in [2.45, 2.75) is 6.42 Å². The molecule has 0 aliphatic heterocycles. The van der Waals surface area contributed by atoms with Crippen molar-refractivity contribution in [1.29, 1.82) is 0 Å². The van der Waals surface area contributed by atoms with Crippen molar-refractivity contribution in [3.8, 4) is 0 Å². The lowest BCUT2D eigenvalue weighted by Gasteiger charge is -2.01. The van der Waals surface area contributed by atoms with Crippen molar-refractivity contribution < 1.29 is 18.7 Å². The third-order valence-corrected chi connectivity index (χ3v) is 2.07. The molecule has 0 aromatic heterocycles. The molecule has 0 saturated carbocycles. The van der Waals surface area contributed by atoms with Crippen LogP contribution in [0.5, 0.6) is 0 Å². The Kier molecular flexibility index (Phi) is 4.83. The number of carboxylic acid groups (broad SMARTS) is 1. The van der Waals surface area contributed by atoms with Crippen LogP contribution in [0.2, 0.25) is 0 Å². The topological polar surface area (TPSA) is 86.1 Å². The van der Waals surface area contributed by atoms with E-state index in [1.54, 1.807) is 0 Å². The summed E-state index contributed by atoms with van der Waals surface area (Å²) >= 11 is 0. The van der Waals surface area contributed by atoms with E-state index in [1.165, 1.54) is 12.2 Å². The lowest BCUT2D eigenvalue weighted by molar-refractivity contribution is 0.0691. The lowest BCUT2D eigenvalue weighted by atomic mass is 10.1. The van der Waals surface area contributed by atoms with Crippen LogP contribution in [0.4, 0.5) is 8.78 Å². The van der Waals surface area contributed by atoms with Crippen LogP contribution >= 0.6 is 0 Å². The highest BCUT2D eigenvalue weighted by Gasteiger charge is 2.13. The van der Waals surface area contributed by atoms with E-state index in [0.717, 1.165) is 6.07 Å². The Bertz CT molecular complexity index is 537. The third kappa shape index (κ3) is 3.57. The lowest BCUT2D eigenvalue weighted by Crippen LogP contribution is -2.02. The number of carboxylic acids is 1. The first-order valence-electron chi connectivity index (χ1n) is 4.96. The van der Waals surface area contributed by atoms with E-state index < -0.39 is 23.2 Å². The molecule has 0 aliphatic carbocycles. The zero-order valence-corrected chi connectivity index (χ0v) is 9.18. The zero-order chi connectivity index (χ0) is 13.5. The smallest absolute Gasteiger partial charge is 0.338 e. The fourth-order valence-corrected chi connectivity index (χ4v) is 1.24. The van der Waals surface area contributed by atoms with Gasteiger partial charge in [-0.15, -0.1) is 0 Å². The molecule has 0 atom stereocenters. The van der Waals surface area contributed by atoms with Crippen LogP contribution in [-0.4, -0.2) is 17.6 Å². The standard InChI is InChI=1S/C11H9F2N3O2/c12-9-6-8(11(17)18)10(13)5-7(9)3-1-2-4-15-16-14/h1,3,5-6H,2,4H2,(H,17,18). The highest BCUT2D eigenvalue weighted by molar-refractivity contribution is 5.88. The first-order valence-corrected chi connectivity index (χ1v) is 4.96. The minimum absolute atomic E-state index is 0.0570. The summed E-state index contributed by atoms with van der Waals surface area (Å²) in [6.07, 6.45) is 3.19. The van der Waals surface area contributed by atoms with E-state index in [4.69, 9.17) is 10.6 Å². The van der Waals surface area contributed by atoms with E-state index in [-0.39, 0.29) is 12.1 Å². The molecule has 94 valence electrons. The normalized spacial score (nSPS) is 10.3. The van der Waals surface area contributed by atoms with Crippen LogP contribution in [0.15, 0.2) is 23.3 Å². The number of nitrogens with zero attached hydrogens (tertiary/aromatic N) is 3. The van der Waals surface area contributed by atoms with Gasteiger partial charge in [0.1, 0.15) is 11.6 Å². The van der Waals surface area contributed by atoms with E-state index in [9.17, 15) is 13.6 Å². The van der Waals surface area contributed by atoms with Crippen LogP contribution in [0, 0.1) is 11.6 Å². The highest BCUT2D eigenvalue weighted by atomic mass is 19.1. The van der Waals surface area contributed by atoms with Gasteiger partial charge in [0.2, 0.25) is 0 Å². The summed E-state index contributed by atoms with van der Waals surface area (Å²) < 4.78 is 26.7. The molecule has 0 heterocycles. The number of rotatable bonds is 5. The van der Waals surface area contributed by atoms with Crippen LogP contribution in [0.25, 0.3) is 16.5 Å². The summed E-state index contributed by atoms with van der Waals surface area (Å²) in [5.41, 5.74) is 7.25. The maximum absolute atomic E-state index is 13.4. The molecule has 1 N–H and O–H groups in total. The molecule has 5 nitrogen and oxygen atoms in total. The summed E-state index contributed by atoms with van der Waals surface area (Å²) in [7, 11) is 0. The van der Waals surface area contributed by atoms with E-state index in [2.05, 4.69) is 10.0 Å². The molecule has 0 aliphatic rings. The zero-order valence-electron chi connectivity index (χ0n) is 9.18. The van der Waals surface area contributed by atoms with Gasteiger partial charge in [0.15, 0.2) is 0 Å². The van der Waals surface area contributed by atoms with Crippen LogP contribution in [-0.2, 0) is 0 Å². The van der Waals surface area contributed by atoms with Gasteiger partial charge in [-0.2, -0.15) is 0 Å². The van der Waals surface area contributed by atoms with Gasteiger partial charge in [0.05, 0.1) is 5.56 Å². The molecule has 7 heteroatoms. The van der Waals surface area contributed by atoms with Gasteiger partial charge in [-0.25, -0.2) is 13.6 Å². The van der Waals surface area contributed by atoms with Gasteiger partial charge in [0.25, 0.3) is 0 Å². The monoisotopic (exact) mass is 253 g/mol. The molecule has 0 saturated heterocycles. The summed E-state index contributed by atoms with van der Waals surface area (Å²) in [6.45, 7) is 0.213. The average molecular weight is 253 g/mol. The number of hydrogen-bond acceptors (Lipinski definition) is 2. The number of aromatic carboxylic acids is 1. The SMILES string of the molecule is [N-]=[N+]=NCCC=Cc1cc(F)c(C(=O)O)cc1F. The Morgan fingerprint density at radius 1 is 1.44 bits per heavy atom. The van der Waals surface area contributed by atoms with Gasteiger partial charge < -0.3 is 5.11 Å². The maximum atomic E-state index is 13.4. The largest absolute Gasteiger partial charge is 0.478 e. The van der Waals surface area contributed by atoms with Crippen molar-refractivity contribution in [2.75, 3.05) is 6.54 Å². The maximum Gasteiger partial charge on any atom is 0.338 e. The Labute approximate surface area is 101 Å². The Hall–Kier alpha value is -2.40. The van der Waals surface area contributed by atoms with Crippen molar-refractivity contribution in [1.82, 2.24) is 0 Å². The first kappa shape index (κ1) is 13.7. The van der Waals surface area contributed by atoms with Crippen LogP contribution in [0.1, 0.15) is 22.3 Å². The van der Waals surface area contributed by atoms with Crippen LogP contribution < -0.4 is 0 Å². The fraction of sp³-hybridized carbons (Fsp3) is 0.182. The molecule has 0 unspecified atom stereocenters. The van der Waals surface area contributed by atoms with Gasteiger partial charge in [-0.05, 0) is 24.1 Å². The molecule has 1 rings (SSSR count). The number of benzene rings is 1. The van der Waals surface area contributed by atoms with E-state index in [0.29, 0.717) is 12.5 Å². The van der Waals surface area contributed by atoms with E-state index in [1.807, 2.05) is 0 Å². The van der Waals surface area contributed by atoms with Gasteiger partial charge in [-0.1, -0.05) is 17.3 Å².